The summed E-state index contributed by atoms with van der Waals surface area (Å²) < 4.78 is 26.3. The van der Waals surface area contributed by atoms with Gasteiger partial charge in [-0.25, -0.2) is 4.68 Å². The van der Waals surface area contributed by atoms with E-state index in [4.69, 9.17) is 9.47 Å². The monoisotopic (exact) mass is 398 g/mol. The van der Waals surface area contributed by atoms with Gasteiger partial charge < -0.3 is 9.47 Å². The van der Waals surface area contributed by atoms with Gasteiger partial charge in [0.1, 0.15) is 13.2 Å². The molecule has 4 rings (SSSR count). The van der Waals surface area contributed by atoms with Gasteiger partial charge in [0, 0.05) is 15.3 Å². The number of benzene rings is 1. The first-order chi connectivity index (χ1) is 11.2. The van der Waals surface area contributed by atoms with Crippen molar-refractivity contribution in [1.29, 1.82) is 0 Å². The molecule has 2 heterocycles. The fourth-order valence-electron chi connectivity index (χ4n) is 2.50. The predicted molar refractivity (Wildman–Crippen MR) is 86.8 cm³/mol. The second-order valence-electron chi connectivity index (χ2n) is 5.59. The standard InChI is InChI=1S/C14H15BrN4O3S/c15-11-6-13-12(21-3-4-22-13)5-9(11)7-23(20)8-14-16-17-18-19(14)10-1-2-10/h5-6,10H,1-4,7-8H2. The van der Waals surface area contributed by atoms with Crippen molar-refractivity contribution in [3.05, 3.63) is 28.0 Å². The molecule has 0 saturated heterocycles. The first-order valence-corrected chi connectivity index (χ1v) is 9.68. The third-order valence-corrected chi connectivity index (χ3v) is 5.72. The molecule has 0 radical (unpaired) electrons. The molecule has 1 aromatic carbocycles. The van der Waals surface area contributed by atoms with Crippen LogP contribution in [0.15, 0.2) is 16.6 Å². The average Bonchev–Trinajstić information content (AvgIpc) is 3.28. The molecule has 1 aromatic heterocycles. The van der Waals surface area contributed by atoms with Crippen LogP contribution < -0.4 is 9.47 Å². The first kappa shape index (κ1) is 15.1. The number of nitrogens with zero attached hydrogens (tertiary/aromatic N) is 4. The lowest BCUT2D eigenvalue weighted by atomic mass is 10.2. The van der Waals surface area contributed by atoms with Crippen molar-refractivity contribution in [3.63, 3.8) is 0 Å². The minimum absolute atomic E-state index is 0.352. The molecule has 2 aliphatic rings. The van der Waals surface area contributed by atoms with Crippen molar-refractivity contribution in [2.45, 2.75) is 30.4 Å². The topological polar surface area (TPSA) is 79.1 Å². The van der Waals surface area contributed by atoms with Gasteiger partial charge in [0.05, 0.1) is 17.5 Å². The molecule has 0 N–H and O–H groups in total. The van der Waals surface area contributed by atoms with Gasteiger partial charge in [-0.1, -0.05) is 15.9 Å². The van der Waals surface area contributed by atoms with Crippen LogP contribution >= 0.6 is 15.9 Å². The van der Waals surface area contributed by atoms with Crippen molar-refractivity contribution in [1.82, 2.24) is 20.2 Å². The molecular weight excluding hydrogens is 384 g/mol. The Bertz CT molecular complexity index is 762. The number of halogens is 1. The van der Waals surface area contributed by atoms with Crippen molar-refractivity contribution in [2.75, 3.05) is 13.2 Å². The van der Waals surface area contributed by atoms with Crippen LogP contribution in [0.4, 0.5) is 0 Å². The van der Waals surface area contributed by atoms with E-state index in [1.807, 2.05) is 12.1 Å². The number of fused-ring (bicyclic) bond motifs is 1. The van der Waals surface area contributed by atoms with Gasteiger partial charge in [-0.15, -0.1) is 5.10 Å². The van der Waals surface area contributed by atoms with Crippen LogP contribution in [0.3, 0.4) is 0 Å². The Morgan fingerprint density at radius 3 is 2.70 bits per heavy atom. The number of hydrogen-bond acceptors (Lipinski definition) is 6. The molecular formula is C14H15BrN4O3S. The second-order valence-corrected chi connectivity index (χ2v) is 7.90. The minimum Gasteiger partial charge on any atom is -0.486 e. The molecule has 1 fully saturated rings. The molecule has 0 bridgehead atoms. The fourth-order valence-corrected chi connectivity index (χ4v) is 4.31. The van der Waals surface area contributed by atoms with Gasteiger partial charge in [0.15, 0.2) is 17.3 Å². The number of tetrazole rings is 1. The molecule has 7 nitrogen and oxygen atoms in total. The number of hydrogen-bond donors (Lipinski definition) is 0. The Labute approximate surface area is 143 Å². The van der Waals surface area contributed by atoms with Gasteiger partial charge in [0.25, 0.3) is 0 Å². The fraction of sp³-hybridized carbons (Fsp3) is 0.500. The maximum Gasteiger partial charge on any atom is 0.164 e. The minimum atomic E-state index is -1.10. The lowest BCUT2D eigenvalue weighted by Crippen LogP contribution is -2.16. The summed E-state index contributed by atoms with van der Waals surface area (Å²) in [5, 5.41) is 11.7. The SMILES string of the molecule is O=S(Cc1cc2c(cc1Br)OCCO2)Cc1nnnn1C1CC1. The largest absolute Gasteiger partial charge is 0.486 e. The van der Waals surface area contributed by atoms with Gasteiger partial charge >= 0.3 is 0 Å². The Balaban J connectivity index is 1.49. The molecule has 0 amide bonds. The Morgan fingerprint density at radius 2 is 1.96 bits per heavy atom. The zero-order valence-electron chi connectivity index (χ0n) is 12.3. The van der Waals surface area contributed by atoms with Crippen LogP contribution in [-0.4, -0.2) is 37.6 Å². The normalized spacial score (nSPS) is 18.0. The molecule has 1 atom stereocenters. The molecule has 1 unspecified atom stereocenters. The summed E-state index contributed by atoms with van der Waals surface area (Å²) in [6.45, 7) is 1.09. The summed E-state index contributed by atoms with van der Waals surface area (Å²) in [4.78, 5) is 0. The van der Waals surface area contributed by atoms with Crippen molar-refractivity contribution in [2.24, 2.45) is 0 Å². The van der Waals surface area contributed by atoms with Crippen LogP contribution in [0.1, 0.15) is 30.3 Å². The van der Waals surface area contributed by atoms with E-state index in [9.17, 15) is 4.21 Å². The van der Waals surface area contributed by atoms with E-state index in [2.05, 4.69) is 31.5 Å². The Kier molecular flexibility index (Phi) is 4.06. The van der Waals surface area contributed by atoms with E-state index >= 15 is 0 Å². The molecule has 9 heteroatoms. The highest BCUT2D eigenvalue weighted by Gasteiger charge is 2.28. The second kappa shape index (κ2) is 6.20. The molecule has 23 heavy (non-hydrogen) atoms. The number of rotatable bonds is 5. The summed E-state index contributed by atoms with van der Waals surface area (Å²) in [5.74, 6) is 2.88. The molecule has 1 aliphatic heterocycles. The molecule has 2 aromatic rings. The van der Waals surface area contributed by atoms with Crippen LogP contribution in [0.2, 0.25) is 0 Å². The highest BCUT2D eigenvalue weighted by atomic mass is 79.9. The van der Waals surface area contributed by atoms with E-state index < -0.39 is 10.8 Å². The summed E-state index contributed by atoms with van der Waals surface area (Å²) in [6.07, 6.45) is 2.19. The summed E-state index contributed by atoms with van der Waals surface area (Å²) >= 11 is 3.51. The van der Waals surface area contributed by atoms with Crippen molar-refractivity contribution < 1.29 is 13.7 Å². The van der Waals surface area contributed by atoms with Gasteiger partial charge in [-0.3, -0.25) is 4.21 Å². The molecule has 122 valence electrons. The van der Waals surface area contributed by atoms with Crippen LogP contribution in [-0.2, 0) is 22.3 Å². The van der Waals surface area contributed by atoms with E-state index in [0.29, 0.717) is 42.3 Å². The maximum absolute atomic E-state index is 12.5. The third kappa shape index (κ3) is 3.25. The van der Waals surface area contributed by atoms with Crippen molar-refractivity contribution >= 4 is 26.7 Å². The maximum atomic E-state index is 12.5. The number of aromatic nitrogens is 4. The van der Waals surface area contributed by atoms with Crippen LogP contribution in [0.25, 0.3) is 0 Å². The van der Waals surface area contributed by atoms with Crippen LogP contribution in [0, 0.1) is 0 Å². The van der Waals surface area contributed by atoms with Crippen LogP contribution in [0.5, 0.6) is 11.5 Å². The molecule has 0 spiro atoms. The van der Waals surface area contributed by atoms with E-state index in [1.165, 1.54) is 0 Å². The van der Waals surface area contributed by atoms with Gasteiger partial charge in [-0.05, 0) is 41.0 Å². The summed E-state index contributed by atoms with van der Waals surface area (Å²) in [7, 11) is -1.10. The lowest BCUT2D eigenvalue weighted by Gasteiger charge is -2.19. The molecule has 1 saturated carbocycles. The highest BCUT2D eigenvalue weighted by Crippen LogP contribution is 2.37. The summed E-state index contributed by atoms with van der Waals surface area (Å²) in [6, 6.07) is 4.15. The van der Waals surface area contributed by atoms with E-state index in [-0.39, 0.29) is 0 Å². The van der Waals surface area contributed by atoms with E-state index in [0.717, 1.165) is 28.6 Å². The predicted octanol–water partition coefficient (Wildman–Crippen LogP) is 1.99. The van der Waals surface area contributed by atoms with Crippen molar-refractivity contribution in [3.8, 4) is 11.5 Å². The van der Waals surface area contributed by atoms with Gasteiger partial charge in [-0.2, -0.15) is 0 Å². The van der Waals surface area contributed by atoms with Gasteiger partial charge in [0.2, 0.25) is 0 Å². The Morgan fingerprint density at radius 1 is 1.22 bits per heavy atom. The quantitative estimate of drug-likeness (QED) is 0.765. The van der Waals surface area contributed by atoms with E-state index in [1.54, 1.807) is 4.68 Å². The first-order valence-electron chi connectivity index (χ1n) is 7.40. The zero-order chi connectivity index (χ0) is 15.8. The highest BCUT2D eigenvalue weighted by molar-refractivity contribution is 9.10. The smallest absolute Gasteiger partial charge is 0.164 e. The lowest BCUT2D eigenvalue weighted by molar-refractivity contribution is 0.171. The average molecular weight is 399 g/mol. The number of ether oxygens (including phenoxy) is 2. The Hall–Kier alpha value is -1.48. The third-order valence-electron chi connectivity index (χ3n) is 3.77. The summed E-state index contributed by atoms with van der Waals surface area (Å²) in [5.41, 5.74) is 0.929. The zero-order valence-corrected chi connectivity index (χ0v) is 14.7. The molecule has 1 aliphatic carbocycles.